The Bertz CT molecular complexity index is 2070. The van der Waals surface area contributed by atoms with E-state index in [1.54, 1.807) is 0 Å². The monoisotopic (exact) mass is 591 g/mol. The zero-order chi connectivity index (χ0) is 28.9. The van der Waals surface area contributed by atoms with E-state index in [9.17, 15) is 0 Å². The first-order valence-electron chi connectivity index (χ1n) is 15.6. The van der Waals surface area contributed by atoms with Crippen LogP contribution in [0.4, 0.5) is 5.69 Å². The molecule has 0 fully saturated rings. The molecule has 0 saturated carbocycles. The number of fused-ring (bicyclic) bond motifs is 10. The Morgan fingerprint density at radius 3 is 2.18 bits per heavy atom. The summed E-state index contributed by atoms with van der Waals surface area (Å²) in [6, 6.07) is 36.4. The standard InChI is InChI=1S/C40H37N3.2CH4/c1-41(2)34-21-20-31-25-28(14-16-32(31)26-34)15-17-33-27-38-40-30(10-8-24-43(38)36-12-4-3-11-35(33)36)19-18-29-9-7-23-42-22-6-5-13-37(42)39(29)40;;/h3-6,11-22,25-27H,7-10,23-24H2,1-2H3;2*1H4/q+2;;. The fourth-order valence-corrected chi connectivity index (χ4v) is 7.25. The third-order valence-corrected chi connectivity index (χ3v) is 9.41. The zero-order valence-corrected chi connectivity index (χ0v) is 25.1. The van der Waals surface area contributed by atoms with E-state index >= 15 is 0 Å². The Labute approximate surface area is 268 Å². The van der Waals surface area contributed by atoms with Crippen LogP contribution in [0.5, 0.6) is 0 Å². The number of aromatic nitrogens is 2. The van der Waals surface area contributed by atoms with Crippen LogP contribution in [0.3, 0.4) is 0 Å². The minimum Gasteiger partial charge on any atom is -0.378 e. The second kappa shape index (κ2) is 12.3. The van der Waals surface area contributed by atoms with E-state index in [-0.39, 0.29) is 14.9 Å². The summed E-state index contributed by atoms with van der Waals surface area (Å²) in [6.45, 7) is 2.09. The molecule has 2 aliphatic rings. The Morgan fingerprint density at radius 1 is 0.644 bits per heavy atom. The van der Waals surface area contributed by atoms with Crippen molar-refractivity contribution >= 4 is 39.5 Å². The van der Waals surface area contributed by atoms with Crippen LogP contribution in [0.15, 0.2) is 103 Å². The van der Waals surface area contributed by atoms with Crippen LogP contribution in [-0.4, -0.2) is 14.1 Å². The van der Waals surface area contributed by atoms with Crippen LogP contribution in [-0.2, 0) is 25.9 Å². The van der Waals surface area contributed by atoms with E-state index in [1.807, 2.05) is 0 Å². The number of benzene rings is 4. The molecule has 0 saturated heterocycles. The van der Waals surface area contributed by atoms with Gasteiger partial charge < -0.3 is 4.90 Å². The van der Waals surface area contributed by atoms with Crippen molar-refractivity contribution in [1.82, 2.24) is 0 Å². The maximum absolute atomic E-state index is 2.59. The molecular weight excluding hydrogens is 546 g/mol. The minimum atomic E-state index is 0. The summed E-state index contributed by atoms with van der Waals surface area (Å²) in [6.07, 6.45) is 11.4. The molecule has 45 heavy (non-hydrogen) atoms. The first-order chi connectivity index (χ1) is 21.1. The lowest BCUT2D eigenvalue weighted by Gasteiger charge is -2.15. The summed E-state index contributed by atoms with van der Waals surface area (Å²) in [4.78, 5) is 2.16. The molecule has 0 amide bonds. The molecule has 0 spiro atoms. The highest BCUT2D eigenvalue weighted by Gasteiger charge is 2.32. The maximum atomic E-state index is 2.59. The van der Waals surface area contributed by atoms with Gasteiger partial charge in [0, 0.05) is 56.9 Å². The smallest absolute Gasteiger partial charge is 0.214 e. The second-order valence-corrected chi connectivity index (χ2v) is 12.3. The lowest BCUT2D eigenvalue weighted by molar-refractivity contribution is -0.686. The molecule has 3 heteroatoms. The van der Waals surface area contributed by atoms with E-state index in [0.717, 1.165) is 32.4 Å². The number of anilines is 1. The average Bonchev–Trinajstić information content (AvgIpc) is 3.35. The molecule has 2 aliphatic heterocycles. The maximum Gasteiger partial charge on any atom is 0.214 e. The number of rotatable bonds is 3. The van der Waals surface area contributed by atoms with Crippen molar-refractivity contribution in [3.05, 3.63) is 126 Å². The molecule has 8 rings (SSSR count). The van der Waals surface area contributed by atoms with Gasteiger partial charge in [-0.3, -0.25) is 0 Å². The highest BCUT2D eigenvalue weighted by atomic mass is 15.1. The summed E-state index contributed by atoms with van der Waals surface area (Å²) in [5.41, 5.74) is 13.5. The molecule has 0 unspecified atom stereocenters. The van der Waals surface area contributed by atoms with Gasteiger partial charge in [-0.05, 0) is 76.2 Å². The highest BCUT2D eigenvalue weighted by molar-refractivity contribution is 5.94. The van der Waals surface area contributed by atoms with E-state index < -0.39 is 0 Å². The van der Waals surface area contributed by atoms with Crippen molar-refractivity contribution in [2.45, 2.75) is 53.6 Å². The predicted octanol–water partition coefficient (Wildman–Crippen LogP) is 9.30. The summed E-state index contributed by atoms with van der Waals surface area (Å²) < 4.78 is 5.06. The van der Waals surface area contributed by atoms with E-state index in [2.05, 4.69) is 144 Å². The molecule has 0 bridgehead atoms. The van der Waals surface area contributed by atoms with Gasteiger partial charge in [-0.25, -0.2) is 0 Å². The quantitative estimate of drug-likeness (QED) is 0.187. The Balaban J connectivity index is 0.00000179. The fraction of sp³-hybridized carbons (Fsp3) is 0.238. The van der Waals surface area contributed by atoms with Crippen molar-refractivity contribution in [1.29, 1.82) is 0 Å². The van der Waals surface area contributed by atoms with Crippen molar-refractivity contribution in [2.75, 3.05) is 19.0 Å². The average molecular weight is 592 g/mol. The Hall–Kier alpha value is -4.76. The molecule has 4 heterocycles. The van der Waals surface area contributed by atoms with Gasteiger partial charge in [-0.2, -0.15) is 9.13 Å². The van der Waals surface area contributed by atoms with Gasteiger partial charge in [0.25, 0.3) is 0 Å². The summed E-state index contributed by atoms with van der Waals surface area (Å²) >= 11 is 0. The van der Waals surface area contributed by atoms with Crippen molar-refractivity contribution in [2.24, 2.45) is 0 Å². The third kappa shape index (κ3) is 5.31. The highest BCUT2D eigenvalue weighted by Crippen LogP contribution is 2.40. The van der Waals surface area contributed by atoms with Gasteiger partial charge in [0.05, 0.1) is 16.5 Å². The van der Waals surface area contributed by atoms with Gasteiger partial charge >= 0.3 is 0 Å². The number of hydrogen-bond acceptors (Lipinski definition) is 1. The van der Waals surface area contributed by atoms with E-state index in [4.69, 9.17) is 0 Å². The van der Waals surface area contributed by atoms with Crippen LogP contribution in [0, 0.1) is 0 Å². The molecule has 226 valence electrons. The molecular formula is C42H45N3+2. The largest absolute Gasteiger partial charge is 0.378 e. The van der Waals surface area contributed by atoms with Crippen molar-refractivity contribution in [3.63, 3.8) is 0 Å². The van der Waals surface area contributed by atoms with Gasteiger partial charge in [0.2, 0.25) is 16.9 Å². The Morgan fingerprint density at radius 2 is 1.36 bits per heavy atom. The summed E-state index contributed by atoms with van der Waals surface area (Å²) in [5, 5.41) is 3.84. The number of aryl methyl sites for hydroxylation is 4. The molecule has 3 nitrogen and oxygen atoms in total. The normalized spacial score (nSPS) is 13.5. The number of pyridine rings is 2. The molecule has 0 atom stereocenters. The van der Waals surface area contributed by atoms with Crippen LogP contribution in [0.2, 0.25) is 0 Å². The third-order valence-electron chi connectivity index (χ3n) is 9.41. The zero-order valence-electron chi connectivity index (χ0n) is 25.1. The van der Waals surface area contributed by atoms with Gasteiger partial charge in [0.15, 0.2) is 6.20 Å². The molecule has 2 aromatic heterocycles. The van der Waals surface area contributed by atoms with Gasteiger partial charge in [0.1, 0.15) is 13.1 Å². The minimum absolute atomic E-state index is 0. The van der Waals surface area contributed by atoms with Gasteiger partial charge in [-0.15, -0.1) is 0 Å². The Kier molecular flexibility index (Phi) is 8.29. The van der Waals surface area contributed by atoms with E-state index in [0.29, 0.717) is 0 Å². The van der Waals surface area contributed by atoms with Crippen molar-refractivity contribution in [3.8, 4) is 22.5 Å². The number of hydrogen-bond donors (Lipinski definition) is 0. The van der Waals surface area contributed by atoms with Crippen LogP contribution >= 0.6 is 0 Å². The first kappa shape index (κ1) is 30.3. The van der Waals surface area contributed by atoms with E-state index in [1.165, 1.54) is 78.6 Å². The van der Waals surface area contributed by atoms with Crippen molar-refractivity contribution < 1.29 is 9.13 Å². The molecule has 0 aliphatic carbocycles. The summed E-state index contributed by atoms with van der Waals surface area (Å²) in [7, 11) is 4.18. The molecule has 6 aromatic rings. The van der Waals surface area contributed by atoms with Crippen LogP contribution < -0.4 is 14.0 Å². The molecule has 0 radical (unpaired) electrons. The summed E-state index contributed by atoms with van der Waals surface area (Å²) in [5.74, 6) is 0. The topological polar surface area (TPSA) is 11.0 Å². The first-order valence-corrected chi connectivity index (χ1v) is 15.6. The van der Waals surface area contributed by atoms with Gasteiger partial charge in [-0.1, -0.05) is 69.5 Å². The van der Waals surface area contributed by atoms with Crippen LogP contribution in [0.25, 0.3) is 56.3 Å². The predicted molar refractivity (Wildman–Crippen MR) is 193 cm³/mol. The molecule has 0 N–H and O–H groups in total. The molecule has 4 aromatic carbocycles. The van der Waals surface area contributed by atoms with Crippen LogP contribution in [0.1, 0.15) is 49.9 Å². The second-order valence-electron chi connectivity index (χ2n) is 12.3. The number of para-hydroxylation sites is 1. The lowest BCUT2D eigenvalue weighted by atomic mass is 9.88. The SMILES string of the molecule is C.C.CN(C)c1ccc2cc(/C=C/c3cc4[n+](c5ccccc35)CCCc3ccc5c(c3-4)-c3cccc[n+]3CCC5)ccc2c1. The lowest BCUT2D eigenvalue weighted by Crippen LogP contribution is -2.37. The number of nitrogens with zero attached hydrogens (tertiary/aromatic N) is 3. The fourth-order valence-electron chi connectivity index (χ4n) is 7.25.